The largest absolute Gasteiger partial charge is 0.387 e. The molecule has 2 aromatic rings. The van der Waals surface area contributed by atoms with E-state index < -0.39 is 6.10 Å². The van der Waals surface area contributed by atoms with Gasteiger partial charge in [0.1, 0.15) is 6.54 Å². The topological polar surface area (TPSA) is 95.6 Å². The normalized spacial score (nSPS) is 13.0. The predicted octanol–water partition coefficient (Wildman–Crippen LogP) is 2.47. The molecule has 1 heterocycles. The second-order valence-electron chi connectivity index (χ2n) is 5.02. The first-order valence-electron chi connectivity index (χ1n) is 7.43. The van der Waals surface area contributed by atoms with Gasteiger partial charge in [0.2, 0.25) is 5.89 Å². The molecule has 24 heavy (non-hydrogen) atoms. The molecule has 1 unspecified atom stereocenters. The summed E-state index contributed by atoms with van der Waals surface area (Å²) in [6.45, 7) is 4.86. The number of aryl methyl sites for hydroxylation is 1. The Morgan fingerprint density at radius 1 is 1.29 bits per heavy atom. The lowest BCUT2D eigenvalue weighted by atomic mass is 10.1. The molecule has 0 bridgehead atoms. The van der Waals surface area contributed by atoms with E-state index in [9.17, 15) is 5.11 Å². The van der Waals surface area contributed by atoms with Gasteiger partial charge in [-0.3, -0.25) is 0 Å². The Morgan fingerprint density at radius 2 is 2.00 bits per heavy atom. The van der Waals surface area contributed by atoms with E-state index in [-0.39, 0.29) is 13.1 Å². The van der Waals surface area contributed by atoms with Crippen molar-refractivity contribution in [3.05, 3.63) is 45.5 Å². The Hall–Kier alpha value is -1.83. The van der Waals surface area contributed by atoms with Crippen molar-refractivity contribution in [2.45, 2.75) is 26.5 Å². The molecule has 3 N–H and O–H groups in total. The molecule has 9 heteroatoms. The van der Waals surface area contributed by atoms with Crippen LogP contribution in [0, 0.1) is 6.92 Å². The van der Waals surface area contributed by atoms with Gasteiger partial charge in [0.05, 0.1) is 6.10 Å². The fraction of sp³-hybridized carbons (Fsp3) is 0.400. The molecule has 2 rings (SSSR count). The number of aliphatic hydroxyl groups excluding tert-OH is 1. The Labute approximate surface area is 150 Å². The molecular weight excluding hydrogens is 353 g/mol. The van der Waals surface area contributed by atoms with Crippen molar-refractivity contribution >= 4 is 29.2 Å². The SMILES string of the molecule is CCNC(=NCc1noc(C)n1)NCC(O)c1cc(Cl)cc(Cl)c1. The first-order valence-corrected chi connectivity index (χ1v) is 8.19. The number of nitrogens with zero attached hydrogens (tertiary/aromatic N) is 3. The molecule has 0 fully saturated rings. The first-order chi connectivity index (χ1) is 11.5. The van der Waals surface area contributed by atoms with Crippen molar-refractivity contribution in [3.8, 4) is 0 Å². The van der Waals surface area contributed by atoms with Gasteiger partial charge >= 0.3 is 0 Å². The fourth-order valence-corrected chi connectivity index (χ4v) is 2.52. The van der Waals surface area contributed by atoms with Crippen molar-refractivity contribution < 1.29 is 9.63 Å². The highest BCUT2D eigenvalue weighted by molar-refractivity contribution is 6.34. The van der Waals surface area contributed by atoms with E-state index in [1.165, 1.54) is 0 Å². The van der Waals surface area contributed by atoms with Crippen LogP contribution in [-0.2, 0) is 6.54 Å². The monoisotopic (exact) mass is 371 g/mol. The minimum Gasteiger partial charge on any atom is -0.387 e. The van der Waals surface area contributed by atoms with Crippen molar-refractivity contribution in [2.75, 3.05) is 13.1 Å². The van der Waals surface area contributed by atoms with E-state index in [1.807, 2.05) is 6.92 Å². The molecule has 0 saturated carbocycles. The van der Waals surface area contributed by atoms with Crippen LogP contribution in [0.2, 0.25) is 10.0 Å². The summed E-state index contributed by atoms with van der Waals surface area (Å²) in [5.74, 6) is 1.52. The number of halogens is 2. The molecule has 0 saturated heterocycles. The third-order valence-electron chi connectivity index (χ3n) is 3.02. The third-order valence-corrected chi connectivity index (χ3v) is 3.46. The van der Waals surface area contributed by atoms with Gasteiger partial charge in [-0.15, -0.1) is 0 Å². The Bertz CT molecular complexity index is 685. The molecule has 130 valence electrons. The Morgan fingerprint density at radius 3 is 2.58 bits per heavy atom. The third kappa shape index (κ3) is 5.67. The number of rotatable bonds is 6. The van der Waals surface area contributed by atoms with Crippen LogP contribution in [-0.4, -0.2) is 34.3 Å². The van der Waals surface area contributed by atoms with E-state index in [1.54, 1.807) is 25.1 Å². The van der Waals surface area contributed by atoms with Crippen LogP contribution in [0.1, 0.15) is 30.3 Å². The van der Waals surface area contributed by atoms with Crippen LogP contribution in [0.15, 0.2) is 27.7 Å². The lowest BCUT2D eigenvalue weighted by Crippen LogP contribution is -2.39. The van der Waals surface area contributed by atoms with E-state index in [4.69, 9.17) is 27.7 Å². The zero-order chi connectivity index (χ0) is 17.5. The maximum absolute atomic E-state index is 10.3. The summed E-state index contributed by atoms with van der Waals surface area (Å²) in [5.41, 5.74) is 0.629. The predicted molar refractivity (Wildman–Crippen MR) is 93.3 cm³/mol. The summed E-state index contributed by atoms with van der Waals surface area (Å²) in [5, 5.41) is 21.1. The quantitative estimate of drug-likeness (QED) is 0.533. The summed E-state index contributed by atoms with van der Waals surface area (Å²) < 4.78 is 4.90. The van der Waals surface area contributed by atoms with E-state index in [0.29, 0.717) is 39.8 Å². The summed E-state index contributed by atoms with van der Waals surface area (Å²) in [7, 11) is 0. The fourth-order valence-electron chi connectivity index (χ4n) is 1.98. The van der Waals surface area contributed by atoms with Gasteiger partial charge in [0.15, 0.2) is 11.8 Å². The molecule has 1 aromatic carbocycles. The molecular formula is C15H19Cl2N5O2. The van der Waals surface area contributed by atoms with E-state index in [0.717, 1.165) is 0 Å². The Kier molecular flexibility index (Phi) is 6.84. The lowest BCUT2D eigenvalue weighted by molar-refractivity contribution is 0.181. The van der Waals surface area contributed by atoms with Crippen LogP contribution < -0.4 is 10.6 Å². The summed E-state index contributed by atoms with van der Waals surface area (Å²) in [4.78, 5) is 8.43. The highest BCUT2D eigenvalue weighted by atomic mass is 35.5. The van der Waals surface area contributed by atoms with Gasteiger partial charge in [-0.05, 0) is 30.7 Å². The number of aliphatic hydroxyl groups is 1. The van der Waals surface area contributed by atoms with Gasteiger partial charge in [-0.2, -0.15) is 4.98 Å². The molecule has 0 radical (unpaired) electrons. The molecule has 0 amide bonds. The van der Waals surface area contributed by atoms with Crippen LogP contribution >= 0.6 is 23.2 Å². The van der Waals surface area contributed by atoms with Crippen molar-refractivity contribution in [2.24, 2.45) is 4.99 Å². The van der Waals surface area contributed by atoms with Crippen molar-refractivity contribution in [3.63, 3.8) is 0 Å². The van der Waals surface area contributed by atoms with Crippen LogP contribution in [0.5, 0.6) is 0 Å². The summed E-state index contributed by atoms with van der Waals surface area (Å²) >= 11 is 11.9. The van der Waals surface area contributed by atoms with Crippen LogP contribution in [0.4, 0.5) is 0 Å². The molecule has 0 aliphatic rings. The number of aromatic nitrogens is 2. The molecule has 1 atom stereocenters. The summed E-state index contributed by atoms with van der Waals surface area (Å²) in [6, 6.07) is 4.96. The second kappa shape index (κ2) is 8.86. The average Bonchev–Trinajstić information content (AvgIpc) is 2.94. The van der Waals surface area contributed by atoms with Crippen LogP contribution in [0.3, 0.4) is 0 Å². The number of aliphatic imine (C=N–C) groups is 1. The smallest absolute Gasteiger partial charge is 0.223 e. The number of benzene rings is 1. The summed E-state index contributed by atoms with van der Waals surface area (Å²) in [6.07, 6.45) is -0.780. The highest BCUT2D eigenvalue weighted by Gasteiger charge is 2.11. The number of nitrogens with one attached hydrogen (secondary N) is 2. The van der Waals surface area contributed by atoms with E-state index in [2.05, 4.69) is 25.8 Å². The van der Waals surface area contributed by atoms with Crippen molar-refractivity contribution in [1.29, 1.82) is 0 Å². The first kappa shape index (κ1) is 18.5. The van der Waals surface area contributed by atoms with Crippen LogP contribution in [0.25, 0.3) is 0 Å². The van der Waals surface area contributed by atoms with Gasteiger partial charge < -0.3 is 20.3 Å². The zero-order valence-corrected chi connectivity index (χ0v) is 14.9. The molecule has 7 nitrogen and oxygen atoms in total. The zero-order valence-electron chi connectivity index (χ0n) is 13.4. The number of hydrogen-bond acceptors (Lipinski definition) is 5. The van der Waals surface area contributed by atoms with E-state index >= 15 is 0 Å². The second-order valence-corrected chi connectivity index (χ2v) is 5.90. The van der Waals surface area contributed by atoms with Gasteiger partial charge in [0.25, 0.3) is 0 Å². The number of guanidine groups is 1. The molecule has 0 aliphatic heterocycles. The lowest BCUT2D eigenvalue weighted by Gasteiger charge is -2.16. The Balaban J connectivity index is 1.97. The highest BCUT2D eigenvalue weighted by Crippen LogP contribution is 2.23. The minimum absolute atomic E-state index is 0.244. The maximum Gasteiger partial charge on any atom is 0.223 e. The number of hydrogen-bond donors (Lipinski definition) is 3. The van der Waals surface area contributed by atoms with Crippen molar-refractivity contribution in [1.82, 2.24) is 20.8 Å². The molecule has 0 aliphatic carbocycles. The van der Waals surface area contributed by atoms with Gasteiger partial charge in [0, 0.05) is 30.1 Å². The average molecular weight is 372 g/mol. The standard InChI is InChI=1S/C15H19Cl2N5O2/c1-3-18-15(20-8-14-21-9(2)24-22-14)19-7-13(23)10-4-11(16)6-12(17)5-10/h4-6,13,23H,3,7-8H2,1-2H3,(H2,18,19,20). The minimum atomic E-state index is -0.780. The van der Waals surface area contributed by atoms with Gasteiger partial charge in [-0.25, -0.2) is 4.99 Å². The molecule has 0 spiro atoms. The molecule has 1 aromatic heterocycles. The maximum atomic E-state index is 10.3. The van der Waals surface area contributed by atoms with Gasteiger partial charge in [-0.1, -0.05) is 28.4 Å².